The molecule has 16 heavy (non-hydrogen) atoms. The predicted molar refractivity (Wildman–Crippen MR) is 54.8 cm³/mol. The lowest BCUT2D eigenvalue weighted by Gasteiger charge is -2.01. The minimum atomic E-state index is -1.17. The summed E-state index contributed by atoms with van der Waals surface area (Å²) in [5.74, 6) is -2.38. The van der Waals surface area contributed by atoms with Gasteiger partial charge in [-0.25, -0.2) is 0 Å². The van der Waals surface area contributed by atoms with Crippen molar-refractivity contribution in [3.05, 3.63) is 0 Å². The molecule has 0 aliphatic rings. The highest BCUT2D eigenvalue weighted by atomic mass is 16.4. The molecule has 2 atom stereocenters. The molecule has 0 aromatic rings. The first-order valence-corrected chi connectivity index (χ1v) is 4.57. The van der Waals surface area contributed by atoms with Gasteiger partial charge in [0.2, 0.25) is 0 Å². The molecule has 7 heteroatoms. The zero-order chi connectivity index (χ0) is 13.3. The van der Waals surface area contributed by atoms with Crippen LogP contribution in [0.15, 0.2) is 0 Å². The van der Waals surface area contributed by atoms with Crippen LogP contribution in [0.3, 0.4) is 0 Å². The standard InChI is InChI=1S/C5H9NO4.C4H8O2/c6-3(5(9)10)1-2-4(7)8;1-3(5)4(2)6/h3H,1-2,6H2,(H,7,8)(H,9,10);3,5H,1-2H3/t3-;/m0./s1. The van der Waals surface area contributed by atoms with Crippen LogP contribution < -0.4 is 5.73 Å². The van der Waals surface area contributed by atoms with Crippen molar-refractivity contribution in [1.82, 2.24) is 0 Å². The van der Waals surface area contributed by atoms with Gasteiger partial charge in [0.25, 0.3) is 0 Å². The number of carboxylic acid groups (broad SMARTS) is 2. The van der Waals surface area contributed by atoms with Crippen molar-refractivity contribution in [3.8, 4) is 0 Å². The van der Waals surface area contributed by atoms with E-state index in [9.17, 15) is 14.4 Å². The fourth-order valence-electron chi connectivity index (χ4n) is 0.402. The van der Waals surface area contributed by atoms with E-state index in [1.54, 1.807) is 0 Å². The first-order valence-electron chi connectivity index (χ1n) is 4.57. The lowest BCUT2D eigenvalue weighted by molar-refractivity contribution is -0.139. The second kappa shape index (κ2) is 8.81. The van der Waals surface area contributed by atoms with Gasteiger partial charge < -0.3 is 21.1 Å². The number of hydrogen-bond donors (Lipinski definition) is 4. The number of carbonyl (C=O) groups excluding carboxylic acids is 1. The van der Waals surface area contributed by atoms with Gasteiger partial charge in [-0.05, 0) is 20.3 Å². The molecular formula is C9H17NO6. The van der Waals surface area contributed by atoms with Crippen molar-refractivity contribution in [2.45, 2.75) is 38.8 Å². The Morgan fingerprint density at radius 1 is 1.25 bits per heavy atom. The molecule has 0 spiro atoms. The minimum absolute atomic E-state index is 0.0231. The molecule has 0 fully saturated rings. The lowest BCUT2D eigenvalue weighted by Crippen LogP contribution is -2.30. The number of Topliss-reactive ketones (excluding diaryl/α,β-unsaturated/α-hetero) is 1. The average Bonchev–Trinajstić information content (AvgIpc) is 2.14. The summed E-state index contributed by atoms with van der Waals surface area (Å²) in [7, 11) is 0. The Bertz CT molecular complexity index is 250. The first-order chi connectivity index (χ1) is 7.18. The van der Waals surface area contributed by atoms with E-state index in [0.717, 1.165) is 0 Å². The Kier molecular flexibility index (Phi) is 9.33. The third-order valence-corrected chi connectivity index (χ3v) is 1.57. The van der Waals surface area contributed by atoms with Crippen molar-refractivity contribution in [2.75, 3.05) is 0 Å². The van der Waals surface area contributed by atoms with E-state index < -0.39 is 24.1 Å². The molecule has 0 aliphatic carbocycles. The molecule has 0 saturated carbocycles. The molecular weight excluding hydrogens is 218 g/mol. The number of hydrogen-bond acceptors (Lipinski definition) is 5. The van der Waals surface area contributed by atoms with E-state index in [4.69, 9.17) is 21.1 Å². The van der Waals surface area contributed by atoms with Crippen molar-refractivity contribution < 1.29 is 29.7 Å². The largest absolute Gasteiger partial charge is 0.481 e. The van der Waals surface area contributed by atoms with Gasteiger partial charge in [-0.1, -0.05) is 0 Å². The second-order valence-electron chi connectivity index (χ2n) is 3.16. The summed E-state index contributed by atoms with van der Waals surface area (Å²) in [4.78, 5) is 29.8. The lowest BCUT2D eigenvalue weighted by atomic mass is 10.2. The van der Waals surface area contributed by atoms with Gasteiger partial charge in [-0.3, -0.25) is 14.4 Å². The van der Waals surface area contributed by atoms with Crippen LogP contribution >= 0.6 is 0 Å². The molecule has 0 saturated heterocycles. The van der Waals surface area contributed by atoms with Gasteiger partial charge in [0.15, 0.2) is 5.78 Å². The summed E-state index contributed by atoms with van der Waals surface area (Å²) in [6, 6.07) is -1.06. The van der Waals surface area contributed by atoms with Crippen molar-refractivity contribution in [2.24, 2.45) is 5.73 Å². The van der Waals surface area contributed by atoms with Gasteiger partial charge >= 0.3 is 11.9 Å². The Labute approximate surface area is 92.9 Å². The van der Waals surface area contributed by atoms with E-state index in [-0.39, 0.29) is 18.6 Å². The number of aliphatic hydroxyl groups excluding tert-OH is 1. The van der Waals surface area contributed by atoms with Gasteiger partial charge in [0.05, 0.1) is 0 Å². The fourth-order valence-corrected chi connectivity index (χ4v) is 0.402. The van der Waals surface area contributed by atoms with Gasteiger partial charge in [0, 0.05) is 6.42 Å². The molecule has 5 N–H and O–H groups in total. The van der Waals surface area contributed by atoms with Crippen molar-refractivity contribution in [3.63, 3.8) is 0 Å². The summed E-state index contributed by atoms with van der Waals surface area (Å²) < 4.78 is 0. The Balaban J connectivity index is 0. The maximum Gasteiger partial charge on any atom is 0.320 e. The Morgan fingerprint density at radius 3 is 1.81 bits per heavy atom. The Hall–Kier alpha value is -1.47. The number of nitrogens with two attached hydrogens (primary N) is 1. The molecule has 0 aromatic heterocycles. The number of carboxylic acids is 2. The zero-order valence-electron chi connectivity index (χ0n) is 9.21. The van der Waals surface area contributed by atoms with Crippen molar-refractivity contribution >= 4 is 17.7 Å². The topological polar surface area (TPSA) is 138 Å². The van der Waals surface area contributed by atoms with E-state index in [2.05, 4.69) is 0 Å². The predicted octanol–water partition coefficient (Wildman–Crippen LogP) is -0.781. The molecule has 1 unspecified atom stereocenters. The minimum Gasteiger partial charge on any atom is -0.481 e. The van der Waals surface area contributed by atoms with E-state index in [1.165, 1.54) is 13.8 Å². The zero-order valence-corrected chi connectivity index (χ0v) is 9.21. The summed E-state index contributed by atoms with van der Waals surface area (Å²) in [6.07, 6.45) is -1.01. The smallest absolute Gasteiger partial charge is 0.320 e. The van der Waals surface area contributed by atoms with Crippen LogP contribution in [0.4, 0.5) is 0 Å². The molecule has 0 aromatic carbocycles. The van der Waals surface area contributed by atoms with E-state index in [0.29, 0.717) is 0 Å². The highest BCUT2D eigenvalue weighted by Gasteiger charge is 2.12. The van der Waals surface area contributed by atoms with Crippen molar-refractivity contribution in [1.29, 1.82) is 0 Å². The summed E-state index contributed by atoms with van der Waals surface area (Å²) in [6.45, 7) is 2.80. The quantitative estimate of drug-likeness (QED) is 0.490. The third-order valence-electron chi connectivity index (χ3n) is 1.57. The monoisotopic (exact) mass is 235 g/mol. The van der Waals surface area contributed by atoms with Crippen LogP contribution in [-0.2, 0) is 14.4 Å². The maximum absolute atomic E-state index is 9.99. The number of rotatable bonds is 5. The average molecular weight is 235 g/mol. The molecule has 0 radical (unpaired) electrons. The maximum atomic E-state index is 9.99. The third kappa shape index (κ3) is 12.5. The van der Waals surface area contributed by atoms with E-state index in [1.807, 2.05) is 0 Å². The number of ketones is 1. The van der Waals surface area contributed by atoms with Crippen LogP contribution in [0.25, 0.3) is 0 Å². The fraction of sp³-hybridized carbons (Fsp3) is 0.667. The second-order valence-corrected chi connectivity index (χ2v) is 3.16. The number of aliphatic carboxylic acids is 2. The molecule has 0 amide bonds. The molecule has 7 nitrogen and oxygen atoms in total. The van der Waals surface area contributed by atoms with Gasteiger partial charge in [-0.2, -0.15) is 0 Å². The SMILES string of the molecule is CC(=O)C(C)O.N[C@@H](CCC(=O)O)C(=O)O. The van der Waals surface area contributed by atoms with Crippen LogP contribution in [-0.4, -0.2) is 45.2 Å². The summed E-state index contributed by atoms with van der Waals surface area (Å²) >= 11 is 0. The molecule has 0 bridgehead atoms. The number of aliphatic hydroxyl groups is 1. The summed E-state index contributed by atoms with van der Waals surface area (Å²) in [5.41, 5.74) is 5.00. The molecule has 94 valence electrons. The normalized spacial score (nSPS) is 13.0. The van der Waals surface area contributed by atoms with Crippen LogP contribution in [0.2, 0.25) is 0 Å². The van der Waals surface area contributed by atoms with Crippen LogP contribution in [0, 0.1) is 0 Å². The Morgan fingerprint density at radius 2 is 1.62 bits per heavy atom. The van der Waals surface area contributed by atoms with Gasteiger partial charge in [0.1, 0.15) is 12.1 Å². The summed E-state index contributed by atoms with van der Waals surface area (Å²) in [5, 5.41) is 24.6. The highest BCUT2D eigenvalue weighted by Crippen LogP contribution is 1.93. The molecule has 0 rings (SSSR count). The van der Waals surface area contributed by atoms with Crippen LogP contribution in [0.5, 0.6) is 0 Å². The first kappa shape index (κ1) is 16.9. The number of carbonyl (C=O) groups is 3. The molecule has 0 heterocycles. The molecule has 0 aliphatic heterocycles. The van der Waals surface area contributed by atoms with Crippen LogP contribution in [0.1, 0.15) is 26.7 Å². The highest BCUT2D eigenvalue weighted by molar-refractivity contribution is 5.79. The van der Waals surface area contributed by atoms with E-state index >= 15 is 0 Å². The van der Waals surface area contributed by atoms with Gasteiger partial charge in [-0.15, -0.1) is 0 Å².